The number of nitrogens with one attached hydrogen (secondary N) is 2. The lowest BCUT2D eigenvalue weighted by Crippen LogP contribution is -2.13. The summed E-state index contributed by atoms with van der Waals surface area (Å²) < 4.78 is 0.952. The molecule has 4 aromatic carbocycles. The molecule has 0 saturated heterocycles. The Labute approximate surface area is 201 Å². The van der Waals surface area contributed by atoms with E-state index in [9.17, 15) is 9.59 Å². The second-order valence-electron chi connectivity index (χ2n) is 6.94. The van der Waals surface area contributed by atoms with Gasteiger partial charge in [-0.2, -0.15) is 0 Å². The van der Waals surface area contributed by atoms with Gasteiger partial charge in [0.1, 0.15) is 0 Å². The third-order valence-corrected chi connectivity index (χ3v) is 5.51. The molecular formula is C27H23IN2O2. The van der Waals surface area contributed by atoms with Crippen molar-refractivity contribution >= 4 is 45.8 Å². The lowest BCUT2D eigenvalue weighted by atomic mass is 10.1. The SMILES string of the molecule is Cc1ccccc1C(=O)Nc1ccccc1.O=C(Nc1ccccc1)c1ccccc1I. The first-order valence-electron chi connectivity index (χ1n) is 10.1. The number of anilines is 2. The number of halogens is 1. The van der Waals surface area contributed by atoms with Crippen LogP contribution in [-0.4, -0.2) is 11.8 Å². The summed E-state index contributed by atoms with van der Waals surface area (Å²) in [4.78, 5) is 23.8. The standard InChI is InChI=1S/C14H13NO.C13H10INO/c1-11-7-5-6-10-13(11)14(16)15-12-8-3-2-4-9-12;14-12-9-5-4-8-11(12)13(16)15-10-6-2-1-3-7-10/h2-10H,1H3,(H,15,16);1-9H,(H,15,16). The molecule has 160 valence electrons. The van der Waals surface area contributed by atoms with Crippen LogP contribution < -0.4 is 10.6 Å². The van der Waals surface area contributed by atoms with Crippen molar-refractivity contribution in [1.29, 1.82) is 0 Å². The Morgan fingerprint density at radius 2 is 0.969 bits per heavy atom. The molecule has 0 bridgehead atoms. The summed E-state index contributed by atoms with van der Waals surface area (Å²) in [6.45, 7) is 1.93. The Morgan fingerprint density at radius 1 is 0.562 bits per heavy atom. The smallest absolute Gasteiger partial charge is 0.256 e. The number of amides is 2. The van der Waals surface area contributed by atoms with Gasteiger partial charge in [-0.15, -0.1) is 0 Å². The molecule has 0 aromatic heterocycles. The van der Waals surface area contributed by atoms with Crippen molar-refractivity contribution < 1.29 is 9.59 Å². The number of benzene rings is 4. The maximum atomic E-state index is 11.9. The van der Waals surface area contributed by atoms with Crippen LogP contribution >= 0.6 is 22.6 Å². The van der Waals surface area contributed by atoms with Gasteiger partial charge >= 0.3 is 0 Å². The van der Waals surface area contributed by atoms with Gasteiger partial charge in [0.2, 0.25) is 0 Å². The molecule has 0 atom stereocenters. The second-order valence-corrected chi connectivity index (χ2v) is 8.10. The number of para-hydroxylation sites is 2. The van der Waals surface area contributed by atoms with Gasteiger partial charge in [0, 0.05) is 20.5 Å². The molecule has 0 aliphatic heterocycles. The van der Waals surface area contributed by atoms with E-state index in [0.29, 0.717) is 11.1 Å². The topological polar surface area (TPSA) is 58.2 Å². The highest BCUT2D eigenvalue weighted by Crippen LogP contribution is 2.14. The lowest BCUT2D eigenvalue weighted by Gasteiger charge is -2.06. The molecule has 2 N–H and O–H groups in total. The van der Waals surface area contributed by atoms with Crippen molar-refractivity contribution in [2.24, 2.45) is 0 Å². The minimum absolute atomic E-state index is 0.0655. The zero-order chi connectivity index (χ0) is 22.8. The zero-order valence-corrected chi connectivity index (χ0v) is 19.7. The first kappa shape index (κ1) is 23.2. The highest BCUT2D eigenvalue weighted by atomic mass is 127. The first-order valence-corrected chi connectivity index (χ1v) is 11.2. The number of aryl methyl sites for hydroxylation is 1. The Morgan fingerprint density at radius 3 is 1.47 bits per heavy atom. The number of carbonyl (C=O) groups excluding carboxylic acids is 2. The fourth-order valence-electron chi connectivity index (χ4n) is 2.91. The van der Waals surface area contributed by atoms with Gasteiger partial charge in [-0.3, -0.25) is 9.59 Å². The molecule has 0 aliphatic carbocycles. The Hall–Kier alpha value is -3.45. The van der Waals surface area contributed by atoms with Crippen LogP contribution in [0.15, 0.2) is 109 Å². The minimum Gasteiger partial charge on any atom is -0.322 e. The molecule has 4 rings (SSSR count). The summed E-state index contributed by atoms with van der Waals surface area (Å²) in [5, 5.41) is 5.72. The molecule has 5 heteroatoms. The van der Waals surface area contributed by atoms with Gasteiger partial charge in [0.15, 0.2) is 0 Å². The lowest BCUT2D eigenvalue weighted by molar-refractivity contribution is 0.101. The molecule has 32 heavy (non-hydrogen) atoms. The summed E-state index contributed by atoms with van der Waals surface area (Å²) in [6.07, 6.45) is 0. The normalized spacial score (nSPS) is 9.81. The first-order chi connectivity index (χ1) is 15.5. The average Bonchev–Trinajstić information content (AvgIpc) is 2.81. The molecule has 4 nitrogen and oxygen atoms in total. The highest BCUT2D eigenvalue weighted by Gasteiger charge is 2.09. The maximum Gasteiger partial charge on any atom is 0.256 e. The van der Waals surface area contributed by atoms with Crippen molar-refractivity contribution in [3.8, 4) is 0 Å². The zero-order valence-electron chi connectivity index (χ0n) is 17.6. The predicted octanol–water partition coefficient (Wildman–Crippen LogP) is 6.79. The second kappa shape index (κ2) is 11.8. The third kappa shape index (κ3) is 6.78. The van der Waals surface area contributed by atoms with E-state index >= 15 is 0 Å². The quantitative estimate of drug-likeness (QED) is 0.283. The van der Waals surface area contributed by atoms with E-state index < -0.39 is 0 Å². The van der Waals surface area contributed by atoms with Gasteiger partial charge < -0.3 is 10.6 Å². The molecule has 0 radical (unpaired) electrons. The molecule has 0 aliphatic rings. The fraction of sp³-hybridized carbons (Fsp3) is 0.0370. The summed E-state index contributed by atoms with van der Waals surface area (Å²) in [5.74, 6) is -0.138. The van der Waals surface area contributed by atoms with Crippen LogP contribution in [-0.2, 0) is 0 Å². The molecule has 0 fully saturated rings. The average molecular weight is 534 g/mol. The predicted molar refractivity (Wildman–Crippen MR) is 139 cm³/mol. The van der Waals surface area contributed by atoms with Crippen LogP contribution in [0.1, 0.15) is 26.3 Å². The summed E-state index contributed by atoms with van der Waals surface area (Å²) in [6, 6.07) is 34.0. The van der Waals surface area contributed by atoms with Gasteiger partial charge in [-0.05, 0) is 77.5 Å². The van der Waals surface area contributed by atoms with Gasteiger partial charge in [0.05, 0.1) is 5.56 Å². The van der Waals surface area contributed by atoms with E-state index in [1.165, 1.54) is 0 Å². The third-order valence-electron chi connectivity index (χ3n) is 4.57. The van der Waals surface area contributed by atoms with E-state index in [4.69, 9.17) is 0 Å². The Balaban J connectivity index is 0.000000181. The highest BCUT2D eigenvalue weighted by molar-refractivity contribution is 14.1. The van der Waals surface area contributed by atoms with Crippen molar-refractivity contribution in [3.63, 3.8) is 0 Å². The fourth-order valence-corrected chi connectivity index (χ4v) is 3.55. The van der Waals surface area contributed by atoms with Crippen LogP contribution in [0.5, 0.6) is 0 Å². The van der Waals surface area contributed by atoms with Crippen LogP contribution in [0.25, 0.3) is 0 Å². The monoisotopic (exact) mass is 534 g/mol. The molecular weight excluding hydrogens is 511 g/mol. The summed E-state index contributed by atoms with van der Waals surface area (Å²) in [7, 11) is 0. The van der Waals surface area contributed by atoms with Gasteiger partial charge in [-0.1, -0.05) is 66.7 Å². The molecule has 0 saturated carbocycles. The van der Waals surface area contributed by atoms with E-state index in [1.807, 2.05) is 116 Å². The minimum atomic E-state index is -0.0730. The van der Waals surface area contributed by atoms with Crippen LogP contribution in [0.2, 0.25) is 0 Å². The van der Waals surface area contributed by atoms with Gasteiger partial charge in [0.25, 0.3) is 11.8 Å². The van der Waals surface area contributed by atoms with Crippen LogP contribution in [0.4, 0.5) is 11.4 Å². The van der Waals surface area contributed by atoms with Crippen LogP contribution in [0.3, 0.4) is 0 Å². The molecule has 2 amide bonds. The Bertz CT molecular complexity index is 1080. The van der Waals surface area contributed by atoms with Gasteiger partial charge in [-0.25, -0.2) is 0 Å². The van der Waals surface area contributed by atoms with E-state index in [2.05, 4.69) is 33.2 Å². The molecule has 0 spiro atoms. The number of hydrogen-bond donors (Lipinski definition) is 2. The molecule has 0 unspecified atom stereocenters. The largest absolute Gasteiger partial charge is 0.322 e. The maximum absolute atomic E-state index is 11.9. The van der Waals surface area contributed by atoms with E-state index in [-0.39, 0.29) is 11.8 Å². The number of rotatable bonds is 4. The van der Waals surface area contributed by atoms with Crippen molar-refractivity contribution in [1.82, 2.24) is 0 Å². The van der Waals surface area contributed by atoms with E-state index in [0.717, 1.165) is 20.5 Å². The number of carbonyl (C=O) groups is 2. The summed E-state index contributed by atoms with van der Waals surface area (Å²) in [5.41, 5.74) is 4.03. The molecule has 0 heterocycles. The number of hydrogen-bond acceptors (Lipinski definition) is 2. The van der Waals surface area contributed by atoms with Crippen molar-refractivity contribution in [3.05, 3.63) is 129 Å². The van der Waals surface area contributed by atoms with Crippen molar-refractivity contribution in [2.45, 2.75) is 6.92 Å². The van der Waals surface area contributed by atoms with Crippen molar-refractivity contribution in [2.75, 3.05) is 10.6 Å². The molecule has 4 aromatic rings. The van der Waals surface area contributed by atoms with E-state index in [1.54, 1.807) is 0 Å². The Kier molecular flexibility index (Phi) is 8.57. The summed E-state index contributed by atoms with van der Waals surface area (Å²) >= 11 is 2.16. The van der Waals surface area contributed by atoms with Crippen LogP contribution in [0, 0.1) is 10.5 Å².